The van der Waals surface area contributed by atoms with Gasteiger partial charge in [0.05, 0.1) is 23.9 Å². The van der Waals surface area contributed by atoms with Gasteiger partial charge in [0, 0.05) is 29.7 Å². The van der Waals surface area contributed by atoms with E-state index in [2.05, 4.69) is 4.98 Å². The Morgan fingerprint density at radius 1 is 1.17 bits per heavy atom. The molecule has 0 saturated carbocycles. The number of halogens is 4. The average Bonchev–Trinajstić information content (AvgIpc) is 3.32. The van der Waals surface area contributed by atoms with E-state index in [-0.39, 0.29) is 15.2 Å². The summed E-state index contributed by atoms with van der Waals surface area (Å²) in [5.74, 6) is 0.406. The third-order valence-electron chi connectivity index (χ3n) is 6.26. The maximum absolute atomic E-state index is 14.5. The van der Waals surface area contributed by atoms with Crippen molar-refractivity contribution < 1.29 is 23.0 Å². The predicted molar refractivity (Wildman–Crippen MR) is 136 cm³/mol. The van der Waals surface area contributed by atoms with Gasteiger partial charge in [0.25, 0.3) is 0 Å². The number of nitrogens with zero attached hydrogens (tertiary/aromatic N) is 2. The van der Waals surface area contributed by atoms with Crippen LogP contribution in [0.25, 0.3) is 21.3 Å². The van der Waals surface area contributed by atoms with Crippen molar-refractivity contribution in [3.8, 4) is 16.9 Å². The lowest BCUT2D eigenvalue weighted by Crippen LogP contribution is -2.52. The van der Waals surface area contributed by atoms with Crippen molar-refractivity contribution in [3.63, 3.8) is 0 Å². The van der Waals surface area contributed by atoms with E-state index in [1.807, 2.05) is 6.07 Å². The molecular weight excluding hydrogens is 513 g/mol. The highest BCUT2D eigenvalue weighted by Crippen LogP contribution is 2.45. The lowest BCUT2D eigenvalue weighted by atomic mass is 9.73. The average molecular weight is 537 g/mol. The number of fused-ring (bicyclic) bond motifs is 1. The largest absolute Gasteiger partial charge is 0.496 e. The molecule has 36 heavy (non-hydrogen) atoms. The van der Waals surface area contributed by atoms with E-state index in [9.17, 15) is 23.1 Å². The molecular formula is C26H24ClF3N2O3S. The summed E-state index contributed by atoms with van der Waals surface area (Å²) in [5.41, 5.74) is -2.42. The number of hydrogen-bond acceptors (Lipinski definition) is 5. The number of benzene rings is 1. The number of methoxy groups -OCH3 is 1. The fraction of sp³-hybridized carbons (Fsp3) is 0.308. The Balaban J connectivity index is 1.78. The van der Waals surface area contributed by atoms with Crippen LogP contribution >= 0.6 is 22.9 Å². The molecule has 0 radical (unpaired) electrons. The van der Waals surface area contributed by atoms with Crippen LogP contribution in [-0.2, 0) is 12.0 Å². The van der Waals surface area contributed by atoms with Crippen LogP contribution in [0.5, 0.6) is 5.75 Å². The van der Waals surface area contributed by atoms with Crippen LogP contribution in [-0.4, -0.2) is 33.5 Å². The summed E-state index contributed by atoms with van der Waals surface area (Å²) in [5, 5.41) is 12.6. The monoisotopic (exact) mass is 536 g/mol. The van der Waals surface area contributed by atoms with E-state index in [1.54, 1.807) is 62.0 Å². The van der Waals surface area contributed by atoms with E-state index >= 15 is 0 Å². The summed E-state index contributed by atoms with van der Waals surface area (Å²) >= 11 is 7.11. The van der Waals surface area contributed by atoms with Gasteiger partial charge in [-0.25, -0.2) is 0 Å². The number of pyridine rings is 2. The molecule has 0 aliphatic rings. The van der Waals surface area contributed by atoms with Crippen LogP contribution in [0, 0.1) is 0 Å². The zero-order chi connectivity index (χ0) is 26.3. The number of alkyl halides is 3. The van der Waals surface area contributed by atoms with Crippen molar-refractivity contribution in [2.45, 2.75) is 44.0 Å². The topological polar surface area (TPSA) is 64.3 Å². The number of ether oxygens (including phenoxy) is 1. The minimum atomic E-state index is -4.98. The minimum absolute atomic E-state index is 0.209. The van der Waals surface area contributed by atoms with Crippen LogP contribution < -0.4 is 10.2 Å². The summed E-state index contributed by atoms with van der Waals surface area (Å²) in [6.07, 6.45) is -1.21. The second-order valence-corrected chi connectivity index (χ2v) is 10.6. The van der Waals surface area contributed by atoms with Crippen LogP contribution in [0.3, 0.4) is 0 Å². The Kier molecular flexibility index (Phi) is 6.94. The fourth-order valence-electron chi connectivity index (χ4n) is 4.51. The first-order valence-corrected chi connectivity index (χ1v) is 12.3. The van der Waals surface area contributed by atoms with Gasteiger partial charge in [0.1, 0.15) is 10.8 Å². The van der Waals surface area contributed by atoms with Gasteiger partial charge in [-0.1, -0.05) is 37.6 Å². The molecule has 0 amide bonds. The Morgan fingerprint density at radius 3 is 2.56 bits per heavy atom. The molecule has 4 rings (SSSR count). The SMILES string of the molecule is COc1ccc(-c2cccnc2)cc1C(C)(C)CC(O)(Cn1cc(Cl)c(=O)c2sccc21)C(F)(F)F. The van der Waals surface area contributed by atoms with Gasteiger partial charge >= 0.3 is 6.18 Å². The Bertz CT molecular complexity index is 1450. The molecule has 0 aliphatic carbocycles. The van der Waals surface area contributed by atoms with Gasteiger partial charge in [-0.2, -0.15) is 13.2 Å². The highest BCUT2D eigenvalue weighted by Gasteiger charge is 2.56. The maximum atomic E-state index is 14.5. The van der Waals surface area contributed by atoms with Crippen molar-refractivity contribution >= 4 is 33.2 Å². The second kappa shape index (κ2) is 9.53. The summed E-state index contributed by atoms with van der Waals surface area (Å²) < 4.78 is 50.3. The molecule has 0 spiro atoms. The minimum Gasteiger partial charge on any atom is -0.496 e. The van der Waals surface area contributed by atoms with Crippen LogP contribution in [0.1, 0.15) is 25.8 Å². The quantitative estimate of drug-likeness (QED) is 0.295. The summed E-state index contributed by atoms with van der Waals surface area (Å²) in [6.45, 7) is 2.43. The van der Waals surface area contributed by atoms with Gasteiger partial charge in [0.15, 0.2) is 5.60 Å². The number of aromatic nitrogens is 2. The molecule has 0 aliphatic heterocycles. The van der Waals surface area contributed by atoms with E-state index in [4.69, 9.17) is 16.3 Å². The van der Waals surface area contributed by atoms with E-state index < -0.39 is 35.6 Å². The fourth-order valence-corrected chi connectivity index (χ4v) is 5.63. The molecule has 0 fully saturated rings. The Labute approximate surface area is 214 Å². The Morgan fingerprint density at radius 2 is 1.92 bits per heavy atom. The molecule has 1 unspecified atom stereocenters. The van der Waals surface area contributed by atoms with Gasteiger partial charge in [-0.15, -0.1) is 11.3 Å². The number of thiophene rings is 1. The second-order valence-electron chi connectivity index (χ2n) is 9.32. The molecule has 1 aromatic carbocycles. The van der Waals surface area contributed by atoms with Crippen molar-refractivity contribution in [1.29, 1.82) is 0 Å². The summed E-state index contributed by atoms with van der Waals surface area (Å²) in [6, 6.07) is 10.4. The predicted octanol–water partition coefficient (Wildman–Crippen LogP) is 6.45. The van der Waals surface area contributed by atoms with E-state index in [0.717, 1.165) is 28.7 Å². The summed E-state index contributed by atoms with van der Waals surface area (Å²) in [4.78, 5) is 16.4. The van der Waals surface area contributed by atoms with Gasteiger partial charge in [0.2, 0.25) is 5.43 Å². The molecule has 1 atom stereocenters. The van der Waals surface area contributed by atoms with Crippen molar-refractivity contribution in [2.24, 2.45) is 0 Å². The third kappa shape index (κ3) is 4.87. The van der Waals surface area contributed by atoms with Crippen molar-refractivity contribution in [3.05, 3.63) is 81.2 Å². The molecule has 0 bridgehead atoms. The summed E-state index contributed by atoms with van der Waals surface area (Å²) in [7, 11) is 1.45. The normalized spacial score (nSPS) is 14.1. The molecule has 4 aromatic rings. The number of hydrogen-bond donors (Lipinski definition) is 1. The van der Waals surface area contributed by atoms with Crippen molar-refractivity contribution in [1.82, 2.24) is 9.55 Å². The number of rotatable bonds is 7. The highest BCUT2D eigenvalue weighted by atomic mass is 35.5. The van der Waals surface area contributed by atoms with Crippen LogP contribution in [0.2, 0.25) is 5.02 Å². The first-order chi connectivity index (χ1) is 16.9. The molecule has 5 nitrogen and oxygen atoms in total. The standard InChI is InChI=1S/C26H24ClF3N2O3S/c1-24(2,18-11-16(6-7-21(18)35-3)17-5-4-9-31-12-17)14-25(34,26(28,29)30)15-32-13-19(27)22(33)23-20(32)8-10-36-23/h4-13,34H,14-15H2,1-3H3. The lowest BCUT2D eigenvalue weighted by molar-refractivity contribution is -0.271. The zero-order valence-corrected chi connectivity index (χ0v) is 21.3. The van der Waals surface area contributed by atoms with E-state index in [1.165, 1.54) is 11.7 Å². The molecule has 0 saturated heterocycles. The molecule has 1 N–H and O–H groups in total. The van der Waals surface area contributed by atoms with Gasteiger partial charge in [-0.3, -0.25) is 9.78 Å². The molecule has 10 heteroatoms. The van der Waals surface area contributed by atoms with Crippen LogP contribution in [0.15, 0.2) is 65.2 Å². The van der Waals surface area contributed by atoms with E-state index in [0.29, 0.717) is 11.3 Å². The third-order valence-corrected chi connectivity index (χ3v) is 7.44. The lowest BCUT2D eigenvalue weighted by Gasteiger charge is -2.39. The zero-order valence-electron chi connectivity index (χ0n) is 19.8. The maximum Gasteiger partial charge on any atom is 0.418 e. The van der Waals surface area contributed by atoms with Crippen molar-refractivity contribution in [2.75, 3.05) is 7.11 Å². The Hall–Kier alpha value is -2.88. The highest BCUT2D eigenvalue weighted by molar-refractivity contribution is 7.17. The van der Waals surface area contributed by atoms with Crippen LogP contribution in [0.4, 0.5) is 13.2 Å². The molecule has 190 valence electrons. The van der Waals surface area contributed by atoms with Gasteiger partial charge < -0.3 is 14.4 Å². The molecule has 3 aromatic heterocycles. The first-order valence-electron chi connectivity index (χ1n) is 11.0. The van der Waals surface area contributed by atoms with Gasteiger partial charge in [-0.05, 0) is 47.0 Å². The number of aliphatic hydroxyl groups is 1. The smallest absolute Gasteiger partial charge is 0.418 e. The first kappa shape index (κ1) is 26.2. The molecule has 3 heterocycles.